The summed E-state index contributed by atoms with van der Waals surface area (Å²) in [4.78, 5) is 9.57. The second-order valence-electron chi connectivity index (χ2n) is 7.72. The Morgan fingerprint density at radius 3 is 2.23 bits per heavy atom. The number of fused-ring (bicyclic) bond motifs is 1. The fourth-order valence-corrected chi connectivity index (χ4v) is 4.30. The van der Waals surface area contributed by atoms with E-state index in [1.807, 2.05) is 12.1 Å². The molecular weight excluding hydrogens is 449 g/mol. The molecule has 7 nitrogen and oxygen atoms in total. The topological polar surface area (TPSA) is 112 Å². The summed E-state index contributed by atoms with van der Waals surface area (Å²) >= 11 is 12.3. The lowest BCUT2D eigenvalue weighted by Crippen LogP contribution is -2.29. The molecule has 3 N–H and O–H groups in total. The second kappa shape index (κ2) is 9.78. The normalized spacial score (nSPS) is 20.8. The first-order chi connectivity index (χ1) is 14.1. The summed E-state index contributed by atoms with van der Waals surface area (Å²) in [5.74, 6) is 1.61. The van der Waals surface area contributed by atoms with Gasteiger partial charge in [-0.2, -0.15) is 8.42 Å². The Morgan fingerprint density at radius 1 is 1.03 bits per heavy atom. The first kappa shape index (κ1) is 23.2. The molecule has 2 aromatic rings. The summed E-state index contributed by atoms with van der Waals surface area (Å²) in [6.45, 7) is 0. The Bertz CT molecular complexity index is 981. The molecule has 0 unspecified atom stereocenters. The van der Waals surface area contributed by atoms with Gasteiger partial charge < -0.3 is 10.4 Å². The summed E-state index contributed by atoms with van der Waals surface area (Å²) in [6, 6.07) is 5.78. The number of benzene rings is 1. The molecule has 0 spiro atoms. The second-order valence-corrected chi connectivity index (χ2v) is 10.1. The van der Waals surface area contributed by atoms with Crippen molar-refractivity contribution in [1.82, 2.24) is 9.97 Å². The summed E-state index contributed by atoms with van der Waals surface area (Å²) < 4.78 is 25.9. The number of halogens is 2. The van der Waals surface area contributed by atoms with E-state index in [0.717, 1.165) is 62.0 Å². The predicted octanol–water partition coefficient (Wildman–Crippen LogP) is 4.16. The molecule has 1 fully saturated rings. The summed E-state index contributed by atoms with van der Waals surface area (Å²) in [5, 5.41) is 14.5. The summed E-state index contributed by atoms with van der Waals surface area (Å²) in [7, 11) is -3.67. The summed E-state index contributed by atoms with van der Waals surface area (Å²) in [6.07, 6.45) is 7.31. The number of aliphatic hydroxyl groups is 1. The SMILES string of the molecule is CS(=O)(=O)O.OC1CCC(Nc2nc(-c3cc(Cl)cc(Cl)c3)nc3c2CCC3)CC1. The van der Waals surface area contributed by atoms with Crippen LogP contribution in [0.15, 0.2) is 18.2 Å². The number of aliphatic hydroxyl groups excluding tert-OH is 1. The lowest BCUT2D eigenvalue weighted by molar-refractivity contribution is 0.126. The number of rotatable bonds is 3. The Kier molecular flexibility index (Phi) is 7.57. The molecule has 164 valence electrons. The quantitative estimate of drug-likeness (QED) is 0.573. The maximum Gasteiger partial charge on any atom is 0.261 e. The van der Waals surface area contributed by atoms with E-state index in [1.165, 1.54) is 5.56 Å². The van der Waals surface area contributed by atoms with Gasteiger partial charge in [0.25, 0.3) is 10.1 Å². The van der Waals surface area contributed by atoms with Crippen LogP contribution in [-0.2, 0) is 23.0 Å². The molecule has 10 heteroatoms. The average molecular weight is 474 g/mol. The van der Waals surface area contributed by atoms with Gasteiger partial charge in [-0.15, -0.1) is 0 Å². The first-order valence-electron chi connectivity index (χ1n) is 9.82. The van der Waals surface area contributed by atoms with Crippen molar-refractivity contribution >= 4 is 39.1 Å². The molecule has 2 aliphatic carbocycles. The number of aryl methyl sites for hydroxylation is 1. The lowest BCUT2D eigenvalue weighted by Gasteiger charge is -2.27. The average Bonchev–Trinajstić information content (AvgIpc) is 3.10. The van der Waals surface area contributed by atoms with Crippen LogP contribution in [0.1, 0.15) is 43.4 Å². The first-order valence-corrected chi connectivity index (χ1v) is 12.4. The van der Waals surface area contributed by atoms with Crippen molar-refractivity contribution in [2.45, 2.75) is 57.1 Å². The van der Waals surface area contributed by atoms with Crippen LogP contribution >= 0.6 is 23.2 Å². The number of nitrogens with zero attached hydrogens (tertiary/aromatic N) is 2. The maximum absolute atomic E-state index is 9.71. The van der Waals surface area contributed by atoms with Crippen molar-refractivity contribution in [1.29, 1.82) is 0 Å². The van der Waals surface area contributed by atoms with E-state index in [9.17, 15) is 13.5 Å². The Hall–Kier alpha value is -1.45. The van der Waals surface area contributed by atoms with E-state index < -0.39 is 10.1 Å². The number of aromatic nitrogens is 2. The number of nitrogens with one attached hydrogen (secondary N) is 1. The largest absolute Gasteiger partial charge is 0.393 e. The Labute approximate surface area is 186 Å². The van der Waals surface area contributed by atoms with Crippen LogP contribution in [0, 0.1) is 0 Å². The molecule has 2 aliphatic rings. The van der Waals surface area contributed by atoms with Gasteiger partial charge >= 0.3 is 0 Å². The molecule has 4 rings (SSSR count). The van der Waals surface area contributed by atoms with Gasteiger partial charge in [0.1, 0.15) is 5.82 Å². The molecule has 1 heterocycles. The van der Waals surface area contributed by atoms with Gasteiger partial charge in [-0.1, -0.05) is 23.2 Å². The molecule has 0 bridgehead atoms. The van der Waals surface area contributed by atoms with Gasteiger partial charge in [0.15, 0.2) is 5.82 Å². The van der Waals surface area contributed by atoms with Crippen molar-refractivity contribution < 1.29 is 18.1 Å². The van der Waals surface area contributed by atoms with Gasteiger partial charge in [-0.3, -0.25) is 4.55 Å². The van der Waals surface area contributed by atoms with Crippen LogP contribution < -0.4 is 5.32 Å². The molecule has 0 saturated heterocycles. The zero-order chi connectivity index (χ0) is 21.9. The number of anilines is 1. The van der Waals surface area contributed by atoms with E-state index >= 15 is 0 Å². The van der Waals surface area contributed by atoms with Crippen LogP contribution in [-0.4, -0.2) is 46.4 Å². The maximum atomic E-state index is 9.71. The predicted molar refractivity (Wildman–Crippen MR) is 119 cm³/mol. The Balaban J connectivity index is 0.000000461. The third-order valence-corrected chi connectivity index (χ3v) is 5.53. The minimum atomic E-state index is -3.67. The van der Waals surface area contributed by atoms with E-state index in [1.54, 1.807) is 6.07 Å². The van der Waals surface area contributed by atoms with Crippen molar-refractivity contribution in [3.05, 3.63) is 39.5 Å². The van der Waals surface area contributed by atoms with Crippen LogP contribution in [0.4, 0.5) is 5.82 Å². The third kappa shape index (κ3) is 6.78. The highest BCUT2D eigenvalue weighted by molar-refractivity contribution is 7.85. The van der Waals surface area contributed by atoms with E-state index in [-0.39, 0.29) is 6.10 Å². The van der Waals surface area contributed by atoms with Crippen molar-refractivity contribution in [2.75, 3.05) is 11.6 Å². The summed E-state index contributed by atoms with van der Waals surface area (Å²) in [5.41, 5.74) is 3.21. The fraction of sp³-hybridized carbons (Fsp3) is 0.500. The molecule has 1 saturated carbocycles. The molecule has 1 aromatic heterocycles. The molecule has 0 atom stereocenters. The molecule has 30 heavy (non-hydrogen) atoms. The van der Waals surface area contributed by atoms with Crippen molar-refractivity contribution in [3.63, 3.8) is 0 Å². The minimum Gasteiger partial charge on any atom is -0.393 e. The van der Waals surface area contributed by atoms with Gasteiger partial charge in [-0.05, 0) is 63.1 Å². The van der Waals surface area contributed by atoms with Gasteiger partial charge in [0, 0.05) is 32.9 Å². The number of hydrogen-bond acceptors (Lipinski definition) is 6. The van der Waals surface area contributed by atoms with Gasteiger partial charge in [-0.25, -0.2) is 9.97 Å². The van der Waals surface area contributed by atoms with Gasteiger partial charge in [0.2, 0.25) is 0 Å². The molecule has 0 radical (unpaired) electrons. The van der Waals surface area contributed by atoms with E-state index in [2.05, 4.69) is 5.32 Å². The lowest BCUT2D eigenvalue weighted by atomic mass is 9.93. The monoisotopic (exact) mass is 473 g/mol. The van der Waals surface area contributed by atoms with E-state index in [0.29, 0.717) is 28.2 Å². The van der Waals surface area contributed by atoms with Crippen LogP contribution in [0.3, 0.4) is 0 Å². The Morgan fingerprint density at radius 2 is 1.63 bits per heavy atom. The minimum absolute atomic E-state index is 0.154. The fourth-order valence-electron chi connectivity index (χ4n) is 3.78. The highest BCUT2D eigenvalue weighted by atomic mass is 35.5. The third-order valence-electron chi connectivity index (χ3n) is 5.09. The van der Waals surface area contributed by atoms with Crippen LogP contribution in [0.2, 0.25) is 10.0 Å². The van der Waals surface area contributed by atoms with Crippen LogP contribution in [0.5, 0.6) is 0 Å². The van der Waals surface area contributed by atoms with Crippen LogP contribution in [0.25, 0.3) is 11.4 Å². The van der Waals surface area contributed by atoms with Crippen molar-refractivity contribution in [3.8, 4) is 11.4 Å². The number of hydrogen-bond donors (Lipinski definition) is 3. The van der Waals surface area contributed by atoms with Gasteiger partial charge in [0.05, 0.1) is 12.4 Å². The molecule has 1 aromatic carbocycles. The zero-order valence-electron chi connectivity index (χ0n) is 16.6. The molecular formula is C20H25Cl2N3O4S. The standard InChI is InChI=1S/C19H21Cl2N3O.CH4O3S/c20-12-8-11(9-13(21)10-12)18-23-17-3-1-2-16(17)19(24-18)22-14-4-6-15(25)7-5-14;1-5(2,3)4/h8-10,14-15,25H,1-7H2,(H,22,23,24);1H3,(H,2,3,4). The molecule has 0 amide bonds. The smallest absolute Gasteiger partial charge is 0.261 e. The zero-order valence-corrected chi connectivity index (χ0v) is 18.9. The highest BCUT2D eigenvalue weighted by Gasteiger charge is 2.24. The highest BCUT2D eigenvalue weighted by Crippen LogP contribution is 2.33. The van der Waals surface area contributed by atoms with Crippen molar-refractivity contribution in [2.24, 2.45) is 0 Å². The van der Waals surface area contributed by atoms with E-state index in [4.69, 9.17) is 37.7 Å². The molecule has 0 aliphatic heterocycles.